The van der Waals surface area contributed by atoms with Gasteiger partial charge < -0.3 is 9.73 Å². The first-order valence-corrected chi connectivity index (χ1v) is 6.84. The Morgan fingerprint density at radius 2 is 2.33 bits per heavy atom. The van der Waals surface area contributed by atoms with Crippen molar-refractivity contribution in [2.24, 2.45) is 0 Å². The van der Waals surface area contributed by atoms with E-state index in [1.807, 2.05) is 31.2 Å². The molecule has 21 heavy (non-hydrogen) atoms. The molecule has 6 heteroatoms. The minimum absolute atomic E-state index is 0.0309. The first kappa shape index (κ1) is 13.4. The number of hydrogen-bond donors (Lipinski definition) is 1. The number of fused-ring (bicyclic) bond motifs is 1. The van der Waals surface area contributed by atoms with Gasteiger partial charge in [-0.25, -0.2) is 4.98 Å². The van der Waals surface area contributed by atoms with Gasteiger partial charge in [-0.2, -0.15) is 5.10 Å². The summed E-state index contributed by atoms with van der Waals surface area (Å²) in [6.07, 6.45) is 4.27. The topological polar surface area (TPSA) is 73.0 Å². The summed E-state index contributed by atoms with van der Waals surface area (Å²) in [7, 11) is 0. The minimum Gasteiger partial charge on any atom is -0.459 e. The van der Waals surface area contributed by atoms with Crippen LogP contribution in [0.1, 0.15) is 18.6 Å². The number of hydrogen-bond acceptors (Lipinski definition) is 4. The average molecular weight is 284 g/mol. The lowest BCUT2D eigenvalue weighted by molar-refractivity contribution is -0.116. The number of amides is 1. The lowest BCUT2D eigenvalue weighted by Gasteiger charge is -2.05. The fraction of sp³-hybridized carbons (Fsp3) is 0.267. The molecule has 1 N–H and O–H groups in total. The molecule has 3 aromatic rings. The third-order valence-electron chi connectivity index (χ3n) is 3.20. The van der Waals surface area contributed by atoms with E-state index in [0.717, 1.165) is 16.7 Å². The Labute approximate surface area is 121 Å². The number of anilines is 1. The van der Waals surface area contributed by atoms with Crippen LogP contribution in [-0.4, -0.2) is 20.7 Å². The molecule has 0 bridgehead atoms. The maximum atomic E-state index is 12.0. The zero-order valence-electron chi connectivity index (χ0n) is 11.7. The number of rotatable bonds is 5. The number of aryl methyl sites for hydroxylation is 2. The number of nitrogens with one attached hydrogen (secondary N) is 1. The molecule has 0 atom stereocenters. The predicted octanol–water partition coefficient (Wildman–Crippen LogP) is 2.75. The lowest BCUT2D eigenvalue weighted by atomic mass is 10.2. The van der Waals surface area contributed by atoms with Crippen LogP contribution in [0, 0.1) is 6.92 Å². The highest BCUT2D eigenvalue weighted by Crippen LogP contribution is 2.26. The summed E-state index contributed by atoms with van der Waals surface area (Å²) in [6.45, 7) is 2.57. The maximum Gasteiger partial charge on any atom is 0.224 e. The second kappa shape index (κ2) is 5.78. The van der Waals surface area contributed by atoms with Gasteiger partial charge in [-0.15, -0.1) is 0 Å². The van der Waals surface area contributed by atoms with E-state index >= 15 is 0 Å². The molecule has 0 aliphatic heterocycles. The maximum absolute atomic E-state index is 12.0. The Morgan fingerprint density at radius 1 is 1.43 bits per heavy atom. The second-order valence-electron chi connectivity index (χ2n) is 4.89. The van der Waals surface area contributed by atoms with Crippen LogP contribution in [0.15, 0.2) is 41.3 Å². The zero-order valence-corrected chi connectivity index (χ0v) is 11.7. The average Bonchev–Trinajstić information content (AvgIpc) is 3.07. The number of nitrogens with zero attached hydrogens (tertiary/aromatic N) is 3. The number of carbonyl (C=O) groups excluding carboxylic acids is 1. The molecular weight excluding hydrogens is 268 g/mol. The van der Waals surface area contributed by atoms with Crippen LogP contribution < -0.4 is 5.32 Å². The molecule has 1 aromatic carbocycles. The molecule has 0 saturated carbocycles. The van der Waals surface area contributed by atoms with E-state index in [2.05, 4.69) is 15.4 Å². The summed E-state index contributed by atoms with van der Waals surface area (Å²) >= 11 is 0. The standard InChI is InChI=1S/C15H16N4O2/c1-11-8-12-4-2-5-13(15(12)21-11)18-14(20)6-3-7-19-10-16-9-17-19/h2,4-5,8-10H,3,6-7H2,1H3,(H,18,20). The van der Waals surface area contributed by atoms with E-state index in [0.29, 0.717) is 25.1 Å². The van der Waals surface area contributed by atoms with Gasteiger partial charge in [-0.3, -0.25) is 9.48 Å². The van der Waals surface area contributed by atoms with Crippen molar-refractivity contribution >= 4 is 22.6 Å². The van der Waals surface area contributed by atoms with Crippen LogP contribution >= 0.6 is 0 Å². The smallest absolute Gasteiger partial charge is 0.224 e. The number of aromatic nitrogens is 3. The fourth-order valence-electron chi connectivity index (χ4n) is 2.25. The molecule has 0 aliphatic carbocycles. The molecule has 0 saturated heterocycles. The number of para-hydroxylation sites is 1. The molecule has 0 unspecified atom stereocenters. The molecule has 1 amide bonds. The van der Waals surface area contributed by atoms with E-state index in [1.165, 1.54) is 6.33 Å². The van der Waals surface area contributed by atoms with Gasteiger partial charge in [-0.05, 0) is 25.5 Å². The largest absolute Gasteiger partial charge is 0.459 e. The third kappa shape index (κ3) is 3.10. The van der Waals surface area contributed by atoms with Crippen LogP contribution in [-0.2, 0) is 11.3 Å². The van der Waals surface area contributed by atoms with E-state index in [9.17, 15) is 4.79 Å². The molecule has 2 aromatic heterocycles. The third-order valence-corrected chi connectivity index (χ3v) is 3.20. The van der Waals surface area contributed by atoms with Gasteiger partial charge in [0.05, 0.1) is 5.69 Å². The van der Waals surface area contributed by atoms with E-state index < -0.39 is 0 Å². The van der Waals surface area contributed by atoms with E-state index in [1.54, 1.807) is 11.0 Å². The summed E-state index contributed by atoms with van der Waals surface area (Å²) in [5.74, 6) is 0.801. The van der Waals surface area contributed by atoms with Crippen LogP contribution in [0.25, 0.3) is 11.0 Å². The van der Waals surface area contributed by atoms with Crippen molar-refractivity contribution in [1.29, 1.82) is 0 Å². The molecule has 0 fully saturated rings. The molecule has 108 valence electrons. The summed E-state index contributed by atoms with van der Waals surface area (Å²) in [5, 5.41) is 7.89. The Morgan fingerprint density at radius 3 is 3.14 bits per heavy atom. The van der Waals surface area contributed by atoms with Gasteiger partial charge in [0.1, 0.15) is 18.4 Å². The highest BCUT2D eigenvalue weighted by atomic mass is 16.3. The summed E-state index contributed by atoms with van der Waals surface area (Å²) in [6, 6.07) is 7.67. The van der Waals surface area contributed by atoms with Gasteiger partial charge in [0.15, 0.2) is 5.58 Å². The summed E-state index contributed by atoms with van der Waals surface area (Å²) in [4.78, 5) is 15.9. The molecule has 2 heterocycles. The van der Waals surface area contributed by atoms with Gasteiger partial charge >= 0.3 is 0 Å². The highest BCUT2D eigenvalue weighted by molar-refractivity contribution is 5.99. The van der Waals surface area contributed by atoms with E-state index in [4.69, 9.17) is 4.42 Å². The first-order chi connectivity index (χ1) is 10.2. The molecule has 0 radical (unpaired) electrons. The van der Waals surface area contributed by atoms with Crippen LogP contribution in [0.3, 0.4) is 0 Å². The van der Waals surface area contributed by atoms with Crippen LogP contribution in [0.2, 0.25) is 0 Å². The Hall–Kier alpha value is -2.63. The van der Waals surface area contributed by atoms with Crippen LogP contribution in [0.5, 0.6) is 0 Å². The first-order valence-electron chi connectivity index (χ1n) is 6.84. The van der Waals surface area contributed by atoms with Crippen molar-refractivity contribution < 1.29 is 9.21 Å². The molecule has 0 spiro atoms. The van der Waals surface area contributed by atoms with Crippen molar-refractivity contribution in [2.45, 2.75) is 26.3 Å². The fourth-order valence-corrected chi connectivity index (χ4v) is 2.25. The number of carbonyl (C=O) groups is 1. The van der Waals surface area contributed by atoms with Crippen molar-refractivity contribution in [2.75, 3.05) is 5.32 Å². The molecule has 0 aliphatic rings. The van der Waals surface area contributed by atoms with Gasteiger partial charge in [0, 0.05) is 18.4 Å². The van der Waals surface area contributed by atoms with Crippen LogP contribution in [0.4, 0.5) is 5.69 Å². The van der Waals surface area contributed by atoms with E-state index in [-0.39, 0.29) is 5.91 Å². The molecule has 6 nitrogen and oxygen atoms in total. The highest BCUT2D eigenvalue weighted by Gasteiger charge is 2.09. The van der Waals surface area contributed by atoms with Crippen molar-refractivity contribution in [3.63, 3.8) is 0 Å². The monoisotopic (exact) mass is 284 g/mol. The zero-order chi connectivity index (χ0) is 14.7. The van der Waals surface area contributed by atoms with Gasteiger partial charge in [-0.1, -0.05) is 12.1 Å². The molecular formula is C15H16N4O2. The quantitative estimate of drug-likeness (QED) is 0.782. The Kier molecular flexibility index (Phi) is 3.68. The van der Waals surface area contributed by atoms with Crippen molar-refractivity contribution in [3.8, 4) is 0 Å². The van der Waals surface area contributed by atoms with Gasteiger partial charge in [0.25, 0.3) is 0 Å². The lowest BCUT2D eigenvalue weighted by Crippen LogP contribution is -2.12. The Bertz CT molecular complexity index is 746. The number of furan rings is 1. The molecule has 3 rings (SSSR count). The van der Waals surface area contributed by atoms with Crippen molar-refractivity contribution in [1.82, 2.24) is 14.8 Å². The SMILES string of the molecule is Cc1cc2cccc(NC(=O)CCCn3cncn3)c2o1. The Balaban J connectivity index is 1.61. The second-order valence-corrected chi connectivity index (χ2v) is 4.89. The number of benzene rings is 1. The van der Waals surface area contributed by atoms with Crippen molar-refractivity contribution in [3.05, 3.63) is 42.7 Å². The predicted molar refractivity (Wildman–Crippen MR) is 78.8 cm³/mol. The minimum atomic E-state index is -0.0309. The normalized spacial score (nSPS) is 10.9. The summed E-state index contributed by atoms with van der Waals surface area (Å²) in [5.41, 5.74) is 1.44. The van der Waals surface area contributed by atoms with Gasteiger partial charge in [0.2, 0.25) is 5.91 Å². The summed E-state index contributed by atoms with van der Waals surface area (Å²) < 4.78 is 7.34.